The van der Waals surface area contributed by atoms with E-state index in [0.29, 0.717) is 25.7 Å². The highest BCUT2D eigenvalue weighted by Crippen LogP contribution is 2.39. The second-order valence-corrected chi connectivity index (χ2v) is 8.90. The summed E-state index contributed by atoms with van der Waals surface area (Å²) >= 11 is 0.947. The number of nitrogens with one attached hydrogen (secondary N) is 1. The molecule has 1 saturated heterocycles. The number of fused-ring (bicyclic) bond motifs is 3. The second-order valence-electron chi connectivity index (χ2n) is 7.52. The van der Waals surface area contributed by atoms with E-state index < -0.39 is 23.3 Å². The molecule has 1 aromatic carbocycles. The molecule has 1 fully saturated rings. The monoisotopic (exact) mass is 418 g/mol. The lowest BCUT2D eigenvalue weighted by Crippen LogP contribution is -2.56. The molecule has 3 rings (SSSR count). The van der Waals surface area contributed by atoms with Crippen LogP contribution in [0.15, 0.2) is 24.3 Å². The van der Waals surface area contributed by atoms with Crippen LogP contribution in [0.2, 0.25) is 0 Å². The first-order chi connectivity index (χ1) is 13.8. The van der Waals surface area contributed by atoms with Crippen LogP contribution in [-0.2, 0) is 25.6 Å². The molecular formula is C21H26N2O5S. The van der Waals surface area contributed by atoms with Crippen LogP contribution in [-0.4, -0.2) is 50.2 Å². The van der Waals surface area contributed by atoms with Crippen molar-refractivity contribution in [3.63, 3.8) is 0 Å². The molecule has 2 N–H and O–H groups in total. The maximum Gasteiger partial charge on any atom is 0.326 e. The molecule has 156 valence electrons. The maximum absolute atomic E-state index is 13.4. The Bertz CT molecular complexity index is 827. The van der Waals surface area contributed by atoms with Gasteiger partial charge in [-0.3, -0.25) is 14.4 Å². The van der Waals surface area contributed by atoms with E-state index in [4.69, 9.17) is 0 Å². The third kappa shape index (κ3) is 4.47. The number of carboxylic acids is 1. The number of hydrogen-bond donors (Lipinski definition) is 2. The molecule has 2 amide bonds. The molecule has 2 heterocycles. The minimum atomic E-state index is -1.02. The van der Waals surface area contributed by atoms with E-state index >= 15 is 0 Å². The van der Waals surface area contributed by atoms with Crippen molar-refractivity contribution in [3.8, 4) is 0 Å². The van der Waals surface area contributed by atoms with Crippen molar-refractivity contribution in [2.24, 2.45) is 0 Å². The molecule has 2 aliphatic heterocycles. The lowest BCUT2D eigenvalue weighted by Gasteiger charge is -2.40. The van der Waals surface area contributed by atoms with E-state index in [-0.39, 0.29) is 23.0 Å². The minimum absolute atomic E-state index is 0.161. The number of carboxylic acid groups (broad SMARTS) is 1. The molecule has 0 radical (unpaired) electrons. The van der Waals surface area contributed by atoms with Crippen molar-refractivity contribution in [2.75, 3.05) is 0 Å². The quantitative estimate of drug-likeness (QED) is 0.760. The van der Waals surface area contributed by atoms with Gasteiger partial charge in [0, 0.05) is 13.3 Å². The summed E-state index contributed by atoms with van der Waals surface area (Å²) in [5.41, 5.74) is 1.89. The van der Waals surface area contributed by atoms with Crippen LogP contribution in [0.4, 0.5) is 0 Å². The fourth-order valence-electron chi connectivity index (χ4n) is 4.29. The highest BCUT2D eigenvalue weighted by Gasteiger charge is 2.44. The van der Waals surface area contributed by atoms with Crippen LogP contribution in [0.1, 0.15) is 56.7 Å². The Morgan fingerprint density at radius 2 is 2.00 bits per heavy atom. The summed E-state index contributed by atoms with van der Waals surface area (Å²) in [5, 5.41) is 11.8. The van der Waals surface area contributed by atoms with E-state index in [1.54, 1.807) is 0 Å². The summed E-state index contributed by atoms with van der Waals surface area (Å²) in [5.74, 6) is -1.76. The van der Waals surface area contributed by atoms with Gasteiger partial charge < -0.3 is 15.3 Å². The van der Waals surface area contributed by atoms with Gasteiger partial charge in [0.2, 0.25) is 11.8 Å². The van der Waals surface area contributed by atoms with Gasteiger partial charge in [0.25, 0.3) is 0 Å². The molecular weight excluding hydrogens is 392 g/mol. The molecule has 29 heavy (non-hydrogen) atoms. The summed E-state index contributed by atoms with van der Waals surface area (Å²) in [6.07, 6.45) is 2.59. The fourth-order valence-corrected chi connectivity index (χ4v) is 5.03. The van der Waals surface area contributed by atoms with Crippen LogP contribution in [0, 0.1) is 0 Å². The van der Waals surface area contributed by atoms with Gasteiger partial charge in [0.15, 0.2) is 5.12 Å². The number of nitrogens with zero attached hydrogens (tertiary/aromatic N) is 1. The van der Waals surface area contributed by atoms with Crippen molar-refractivity contribution >= 4 is 34.7 Å². The molecule has 8 heteroatoms. The SMILES string of the molecule is CC[C@H](SC(C)=O)C(=O)N[C@H]1Cc2ccccc2[C@H]2CCC[C@@H](C(=O)O)N2C1=O. The summed E-state index contributed by atoms with van der Waals surface area (Å²) in [6, 6.07) is 5.59. The average molecular weight is 419 g/mol. The maximum atomic E-state index is 13.4. The molecule has 4 atom stereocenters. The zero-order chi connectivity index (χ0) is 21.1. The first kappa shape index (κ1) is 21.4. The molecule has 2 aliphatic rings. The molecule has 0 saturated carbocycles. The highest BCUT2D eigenvalue weighted by molar-refractivity contribution is 8.14. The number of aliphatic carboxylic acids is 1. The first-order valence-corrected chi connectivity index (χ1v) is 10.8. The average Bonchev–Trinajstić information content (AvgIpc) is 2.81. The fraction of sp³-hybridized carbons (Fsp3) is 0.524. The van der Waals surface area contributed by atoms with Crippen LogP contribution in [0.25, 0.3) is 0 Å². The number of carbonyl (C=O) groups is 4. The van der Waals surface area contributed by atoms with Gasteiger partial charge >= 0.3 is 5.97 Å². The summed E-state index contributed by atoms with van der Waals surface area (Å²) in [4.78, 5) is 50.9. The third-order valence-electron chi connectivity index (χ3n) is 5.59. The lowest BCUT2D eigenvalue weighted by molar-refractivity contribution is -0.156. The van der Waals surface area contributed by atoms with E-state index in [1.165, 1.54) is 11.8 Å². The minimum Gasteiger partial charge on any atom is -0.480 e. The van der Waals surface area contributed by atoms with Crippen molar-refractivity contribution in [2.45, 2.75) is 69.3 Å². The number of rotatable bonds is 5. The lowest BCUT2D eigenvalue weighted by atomic mass is 9.89. The number of benzene rings is 1. The topological polar surface area (TPSA) is 104 Å². The zero-order valence-electron chi connectivity index (χ0n) is 16.6. The smallest absolute Gasteiger partial charge is 0.326 e. The van der Waals surface area contributed by atoms with Crippen LogP contribution < -0.4 is 5.32 Å². The number of hydrogen-bond acceptors (Lipinski definition) is 5. The Balaban J connectivity index is 1.94. The number of piperidine rings is 1. The van der Waals surface area contributed by atoms with Crippen molar-refractivity contribution in [1.29, 1.82) is 0 Å². The van der Waals surface area contributed by atoms with Crippen molar-refractivity contribution < 1.29 is 24.3 Å². The number of thioether (sulfide) groups is 1. The highest BCUT2D eigenvalue weighted by atomic mass is 32.2. The largest absolute Gasteiger partial charge is 0.480 e. The number of amides is 2. The summed E-state index contributed by atoms with van der Waals surface area (Å²) < 4.78 is 0. The molecule has 0 aliphatic carbocycles. The predicted molar refractivity (Wildman–Crippen MR) is 109 cm³/mol. The Hall–Kier alpha value is -2.35. The predicted octanol–water partition coefficient (Wildman–Crippen LogP) is 2.29. The Kier molecular flexibility index (Phi) is 6.62. The normalized spacial score (nSPS) is 24.7. The summed E-state index contributed by atoms with van der Waals surface area (Å²) in [7, 11) is 0. The van der Waals surface area contributed by atoms with Gasteiger partial charge in [0.1, 0.15) is 12.1 Å². The number of carbonyl (C=O) groups excluding carboxylic acids is 3. The van der Waals surface area contributed by atoms with Gasteiger partial charge in [-0.05, 0) is 36.8 Å². The van der Waals surface area contributed by atoms with Gasteiger partial charge in [-0.25, -0.2) is 4.79 Å². The molecule has 0 unspecified atom stereocenters. The van der Waals surface area contributed by atoms with Gasteiger partial charge in [0.05, 0.1) is 11.3 Å². The molecule has 0 aromatic heterocycles. The van der Waals surface area contributed by atoms with E-state index in [1.807, 2.05) is 31.2 Å². The van der Waals surface area contributed by atoms with Crippen molar-refractivity contribution in [1.82, 2.24) is 10.2 Å². The molecule has 0 spiro atoms. The summed E-state index contributed by atoms with van der Waals surface area (Å²) in [6.45, 7) is 3.22. The van der Waals surface area contributed by atoms with E-state index in [9.17, 15) is 24.3 Å². The van der Waals surface area contributed by atoms with Crippen molar-refractivity contribution in [3.05, 3.63) is 35.4 Å². The van der Waals surface area contributed by atoms with Crippen LogP contribution >= 0.6 is 11.8 Å². The van der Waals surface area contributed by atoms with E-state index in [2.05, 4.69) is 5.32 Å². The van der Waals surface area contributed by atoms with Gasteiger partial charge in [-0.1, -0.05) is 43.0 Å². The van der Waals surface area contributed by atoms with Gasteiger partial charge in [-0.2, -0.15) is 0 Å². The van der Waals surface area contributed by atoms with Crippen LogP contribution in [0.3, 0.4) is 0 Å². The van der Waals surface area contributed by atoms with Gasteiger partial charge in [-0.15, -0.1) is 0 Å². The first-order valence-electron chi connectivity index (χ1n) is 9.93. The molecule has 7 nitrogen and oxygen atoms in total. The van der Waals surface area contributed by atoms with Crippen LogP contribution in [0.5, 0.6) is 0 Å². The molecule has 1 aromatic rings. The van der Waals surface area contributed by atoms with E-state index in [0.717, 1.165) is 29.3 Å². The zero-order valence-corrected chi connectivity index (χ0v) is 17.4. The Morgan fingerprint density at radius 1 is 1.28 bits per heavy atom. The third-order valence-corrected chi connectivity index (χ3v) is 6.75. The standard InChI is InChI=1S/C21H26N2O5S/c1-3-18(29-12(2)24)19(25)22-15-11-13-7-4-5-8-14(13)16-9-6-10-17(21(27)28)23(16)20(15)26/h4-5,7-8,15-18H,3,6,9-11H2,1-2H3,(H,22,25)(H,27,28)/t15-,16+,17-,18-/m0/s1. The second kappa shape index (κ2) is 8.98. The Labute approximate surface area is 174 Å². The molecule has 0 bridgehead atoms. The Morgan fingerprint density at radius 3 is 2.66 bits per heavy atom.